The van der Waals surface area contributed by atoms with Crippen LogP contribution in [0, 0.1) is 5.92 Å². The molecule has 33 heavy (non-hydrogen) atoms. The molecular weight excluding hydrogens is 544 g/mol. The van der Waals surface area contributed by atoms with Crippen molar-refractivity contribution in [3.63, 3.8) is 0 Å². The molecule has 4 rings (SSSR count). The second-order valence-corrected chi connectivity index (χ2v) is 12.8. The summed E-state index contributed by atoms with van der Waals surface area (Å²) in [6.45, 7) is 0.677. The summed E-state index contributed by atoms with van der Waals surface area (Å²) in [7, 11) is -3.42. The van der Waals surface area contributed by atoms with E-state index >= 15 is 0 Å². The van der Waals surface area contributed by atoms with Gasteiger partial charge in [-0.1, -0.05) is 81.5 Å². The van der Waals surface area contributed by atoms with Gasteiger partial charge in [0.1, 0.15) is 0 Å². The van der Waals surface area contributed by atoms with Gasteiger partial charge in [0.05, 0.1) is 5.75 Å². The number of benzene rings is 2. The average molecular weight is 568 g/mol. The zero-order valence-corrected chi connectivity index (χ0v) is 21.7. The summed E-state index contributed by atoms with van der Waals surface area (Å²) in [4.78, 5) is 12.7. The molecule has 1 aliphatic heterocycles. The van der Waals surface area contributed by atoms with Crippen molar-refractivity contribution in [2.75, 3.05) is 18.4 Å². The molecule has 1 fully saturated rings. The van der Waals surface area contributed by atoms with Gasteiger partial charge >= 0.3 is 0 Å². The molecule has 1 saturated heterocycles. The summed E-state index contributed by atoms with van der Waals surface area (Å²) >= 11 is 6.29. The first-order chi connectivity index (χ1) is 15.9. The molecule has 174 valence electrons. The number of carbonyl (C=O) groups is 1. The van der Waals surface area contributed by atoms with Crippen LogP contribution in [0.1, 0.15) is 24.0 Å². The molecule has 0 saturated carbocycles. The molecule has 7 nitrogen and oxygen atoms in total. The van der Waals surface area contributed by atoms with Crippen LogP contribution in [0.15, 0.2) is 63.4 Å². The minimum atomic E-state index is -3.42. The van der Waals surface area contributed by atoms with E-state index < -0.39 is 10.0 Å². The van der Waals surface area contributed by atoms with Crippen molar-refractivity contribution in [2.24, 2.45) is 5.92 Å². The summed E-state index contributed by atoms with van der Waals surface area (Å²) in [5.74, 6) is 0.381. The van der Waals surface area contributed by atoms with Crippen LogP contribution in [-0.2, 0) is 26.3 Å². The average Bonchev–Trinajstić information content (AvgIpc) is 3.27. The summed E-state index contributed by atoms with van der Waals surface area (Å²) in [6, 6.07) is 17.4. The quantitative estimate of drug-likeness (QED) is 0.312. The first kappa shape index (κ1) is 24.3. The second kappa shape index (κ2) is 11.1. The maximum absolute atomic E-state index is 12.8. The van der Waals surface area contributed by atoms with Crippen molar-refractivity contribution in [3.8, 4) is 0 Å². The monoisotopic (exact) mass is 566 g/mol. The molecule has 2 heterocycles. The van der Waals surface area contributed by atoms with Crippen LogP contribution in [0.4, 0.5) is 5.13 Å². The van der Waals surface area contributed by atoms with E-state index in [-0.39, 0.29) is 17.6 Å². The molecule has 0 aliphatic carbocycles. The molecule has 1 N–H and O–H groups in total. The Bertz CT molecular complexity index is 1180. The minimum absolute atomic E-state index is 0.0364. The molecular formula is C22H23BrN4O3S3. The number of amides is 1. The van der Waals surface area contributed by atoms with Crippen molar-refractivity contribution in [2.45, 2.75) is 28.7 Å². The van der Waals surface area contributed by atoms with E-state index in [1.54, 1.807) is 23.9 Å². The van der Waals surface area contributed by atoms with Crippen LogP contribution in [0.5, 0.6) is 0 Å². The number of hydrogen-bond donors (Lipinski definition) is 1. The van der Waals surface area contributed by atoms with Gasteiger partial charge in [0.15, 0.2) is 4.34 Å². The molecule has 0 atom stereocenters. The van der Waals surface area contributed by atoms with E-state index in [1.165, 1.54) is 21.2 Å². The van der Waals surface area contributed by atoms with Crippen molar-refractivity contribution in [1.82, 2.24) is 14.5 Å². The number of aromatic nitrogens is 2. The fraction of sp³-hybridized carbons (Fsp3) is 0.318. The van der Waals surface area contributed by atoms with Gasteiger partial charge in [0.25, 0.3) is 0 Å². The Kier molecular flexibility index (Phi) is 8.18. The smallest absolute Gasteiger partial charge is 0.229 e. The van der Waals surface area contributed by atoms with Gasteiger partial charge in [-0.2, -0.15) is 0 Å². The topological polar surface area (TPSA) is 92.3 Å². The third kappa shape index (κ3) is 6.86. The minimum Gasteiger partial charge on any atom is -0.300 e. The van der Waals surface area contributed by atoms with Gasteiger partial charge in [-0.25, -0.2) is 12.7 Å². The number of sulfonamides is 1. The lowest BCUT2D eigenvalue weighted by Gasteiger charge is -2.30. The summed E-state index contributed by atoms with van der Waals surface area (Å²) < 4.78 is 28.7. The lowest BCUT2D eigenvalue weighted by Crippen LogP contribution is -2.41. The highest BCUT2D eigenvalue weighted by molar-refractivity contribution is 9.10. The van der Waals surface area contributed by atoms with Gasteiger partial charge in [-0.3, -0.25) is 4.79 Å². The van der Waals surface area contributed by atoms with Crippen molar-refractivity contribution in [1.29, 1.82) is 0 Å². The Labute approximate surface area is 210 Å². The molecule has 1 aromatic heterocycles. The van der Waals surface area contributed by atoms with E-state index in [1.807, 2.05) is 30.3 Å². The first-order valence-corrected chi connectivity index (χ1v) is 14.6. The van der Waals surface area contributed by atoms with Crippen LogP contribution >= 0.6 is 39.0 Å². The first-order valence-electron chi connectivity index (χ1n) is 10.4. The molecule has 11 heteroatoms. The normalized spacial score (nSPS) is 15.4. The van der Waals surface area contributed by atoms with E-state index in [9.17, 15) is 13.2 Å². The SMILES string of the molecule is O=C(Nc1nnc(SCc2ccccc2)s1)C1CCN(S(=O)(=O)Cc2ccc(Br)cc2)CC1. The standard InChI is InChI=1S/C22H23BrN4O3S3/c23-19-8-6-17(7-9-19)15-33(29,30)27-12-10-18(11-13-27)20(28)24-21-25-26-22(32-21)31-14-16-4-2-1-3-5-16/h1-9,18H,10-15H2,(H,24,25,28). The second-order valence-electron chi connectivity index (χ2n) is 7.69. The van der Waals surface area contributed by atoms with E-state index in [2.05, 4.69) is 43.6 Å². The number of halogens is 1. The number of rotatable bonds is 8. The fourth-order valence-electron chi connectivity index (χ4n) is 3.52. The Morgan fingerprint density at radius 3 is 2.45 bits per heavy atom. The van der Waals surface area contributed by atoms with E-state index in [4.69, 9.17) is 0 Å². The van der Waals surface area contributed by atoms with E-state index in [0.717, 1.165) is 20.1 Å². The van der Waals surface area contributed by atoms with Gasteiger partial charge in [-0.15, -0.1) is 10.2 Å². The highest BCUT2D eigenvalue weighted by Gasteiger charge is 2.31. The molecule has 0 radical (unpaired) electrons. The fourth-order valence-corrected chi connectivity index (χ4v) is 7.06. The maximum atomic E-state index is 12.8. The Hall–Kier alpha value is -1.79. The molecule has 1 amide bonds. The number of anilines is 1. The Morgan fingerprint density at radius 2 is 1.76 bits per heavy atom. The highest BCUT2D eigenvalue weighted by Crippen LogP contribution is 2.29. The van der Waals surface area contributed by atoms with Crippen LogP contribution in [-0.4, -0.2) is 41.9 Å². The lowest BCUT2D eigenvalue weighted by atomic mass is 9.97. The van der Waals surface area contributed by atoms with Crippen molar-refractivity contribution < 1.29 is 13.2 Å². The third-order valence-electron chi connectivity index (χ3n) is 5.32. The van der Waals surface area contributed by atoms with Crippen LogP contribution in [0.25, 0.3) is 0 Å². The van der Waals surface area contributed by atoms with Crippen molar-refractivity contribution in [3.05, 3.63) is 70.2 Å². The zero-order valence-electron chi connectivity index (χ0n) is 17.7. The van der Waals surface area contributed by atoms with Gasteiger partial charge in [-0.05, 0) is 36.1 Å². The molecule has 0 bridgehead atoms. The number of carbonyl (C=O) groups excluding carboxylic acids is 1. The summed E-state index contributed by atoms with van der Waals surface area (Å²) in [5.41, 5.74) is 1.94. The van der Waals surface area contributed by atoms with Gasteiger partial charge < -0.3 is 5.32 Å². The Morgan fingerprint density at radius 1 is 1.06 bits per heavy atom. The van der Waals surface area contributed by atoms with Crippen LogP contribution in [0.3, 0.4) is 0 Å². The van der Waals surface area contributed by atoms with Crippen LogP contribution in [0.2, 0.25) is 0 Å². The number of nitrogens with one attached hydrogen (secondary N) is 1. The zero-order chi connectivity index (χ0) is 23.3. The molecule has 1 aliphatic rings. The predicted molar refractivity (Wildman–Crippen MR) is 136 cm³/mol. The third-order valence-corrected chi connectivity index (χ3v) is 9.74. The number of thioether (sulfide) groups is 1. The lowest BCUT2D eigenvalue weighted by molar-refractivity contribution is -0.120. The highest BCUT2D eigenvalue weighted by atomic mass is 79.9. The van der Waals surface area contributed by atoms with Crippen LogP contribution < -0.4 is 5.32 Å². The summed E-state index contributed by atoms with van der Waals surface area (Å²) in [6.07, 6.45) is 0.972. The predicted octanol–water partition coefficient (Wildman–Crippen LogP) is 4.77. The molecule has 3 aromatic rings. The van der Waals surface area contributed by atoms with Crippen molar-refractivity contribution >= 4 is 60.1 Å². The largest absolute Gasteiger partial charge is 0.300 e. The number of nitrogens with zero attached hydrogens (tertiary/aromatic N) is 3. The maximum Gasteiger partial charge on any atom is 0.229 e. The Balaban J connectivity index is 1.25. The number of piperidine rings is 1. The van der Waals surface area contributed by atoms with Gasteiger partial charge in [0.2, 0.25) is 21.1 Å². The summed E-state index contributed by atoms with van der Waals surface area (Å²) in [5, 5.41) is 11.5. The molecule has 2 aromatic carbocycles. The molecule has 0 spiro atoms. The van der Waals surface area contributed by atoms with Gasteiger partial charge in [0, 0.05) is 29.2 Å². The van der Waals surface area contributed by atoms with E-state index in [0.29, 0.717) is 31.1 Å². The molecule has 0 unspecified atom stereocenters. The number of hydrogen-bond acceptors (Lipinski definition) is 7.